The Labute approximate surface area is 134 Å². The number of ether oxygens (including phenoxy) is 3. The van der Waals surface area contributed by atoms with Gasteiger partial charge in [-0.2, -0.15) is 0 Å². The Kier molecular flexibility index (Phi) is 4.92. The van der Waals surface area contributed by atoms with Gasteiger partial charge in [0, 0.05) is 30.1 Å². The van der Waals surface area contributed by atoms with Crippen LogP contribution in [0.5, 0.6) is 11.5 Å². The molecular formula is C16H20N2O3S. The van der Waals surface area contributed by atoms with Gasteiger partial charge in [-0.3, -0.25) is 4.90 Å². The molecule has 1 fully saturated rings. The minimum Gasteiger partial charge on any atom is -0.497 e. The lowest BCUT2D eigenvalue weighted by molar-refractivity contribution is 0.0342. The number of rotatable bonds is 5. The molecule has 1 aromatic heterocycles. The molecule has 1 aromatic carbocycles. The monoisotopic (exact) mass is 320 g/mol. The summed E-state index contributed by atoms with van der Waals surface area (Å²) < 4.78 is 16.1. The molecule has 0 spiro atoms. The smallest absolute Gasteiger partial charge is 0.131 e. The Morgan fingerprint density at radius 3 is 2.77 bits per heavy atom. The van der Waals surface area contributed by atoms with E-state index in [9.17, 15) is 0 Å². The Morgan fingerprint density at radius 1 is 1.23 bits per heavy atom. The molecule has 0 saturated carbocycles. The number of benzene rings is 1. The summed E-state index contributed by atoms with van der Waals surface area (Å²) in [5, 5.41) is 3.20. The van der Waals surface area contributed by atoms with Crippen LogP contribution in [-0.4, -0.2) is 50.4 Å². The van der Waals surface area contributed by atoms with Crippen LogP contribution in [0.4, 0.5) is 0 Å². The summed E-state index contributed by atoms with van der Waals surface area (Å²) in [4.78, 5) is 7.13. The molecular weight excluding hydrogens is 300 g/mol. The van der Waals surface area contributed by atoms with Crippen molar-refractivity contribution in [2.24, 2.45) is 0 Å². The van der Waals surface area contributed by atoms with Crippen LogP contribution >= 0.6 is 11.3 Å². The maximum atomic E-state index is 5.46. The summed E-state index contributed by atoms with van der Waals surface area (Å²) in [6.45, 7) is 4.45. The lowest BCUT2D eigenvalue weighted by Crippen LogP contribution is -2.35. The van der Waals surface area contributed by atoms with Crippen molar-refractivity contribution in [2.45, 2.75) is 6.54 Å². The number of thiazole rings is 1. The third-order valence-corrected chi connectivity index (χ3v) is 4.53. The van der Waals surface area contributed by atoms with Crippen molar-refractivity contribution < 1.29 is 14.2 Å². The van der Waals surface area contributed by atoms with E-state index in [1.807, 2.05) is 18.2 Å². The summed E-state index contributed by atoms with van der Waals surface area (Å²) in [6.07, 6.45) is 0. The molecule has 0 radical (unpaired) electrons. The van der Waals surface area contributed by atoms with E-state index in [0.29, 0.717) is 0 Å². The minimum atomic E-state index is 0.780. The molecule has 0 unspecified atom stereocenters. The predicted octanol–water partition coefficient (Wildman–Crippen LogP) is 2.66. The largest absolute Gasteiger partial charge is 0.497 e. The van der Waals surface area contributed by atoms with E-state index in [4.69, 9.17) is 19.2 Å². The van der Waals surface area contributed by atoms with Crippen molar-refractivity contribution in [2.75, 3.05) is 40.5 Å². The van der Waals surface area contributed by atoms with E-state index in [2.05, 4.69) is 10.3 Å². The van der Waals surface area contributed by atoms with Crippen LogP contribution < -0.4 is 9.47 Å². The molecule has 1 aliphatic heterocycles. The van der Waals surface area contributed by atoms with Gasteiger partial charge in [0.05, 0.1) is 39.7 Å². The molecule has 0 amide bonds. The first-order valence-corrected chi connectivity index (χ1v) is 8.15. The van der Waals surface area contributed by atoms with Gasteiger partial charge in [-0.1, -0.05) is 0 Å². The Morgan fingerprint density at radius 2 is 2.05 bits per heavy atom. The second-order valence-corrected chi connectivity index (χ2v) is 6.02. The van der Waals surface area contributed by atoms with Crippen LogP contribution in [0.1, 0.15) is 5.01 Å². The fourth-order valence-corrected chi connectivity index (χ4v) is 3.30. The third-order valence-electron chi connectivity index (χ3n) is 3.70. The fourth-order valence-electron chi connectivity index (χ4n) is 2.47. The molecule has 2 aromatic rings. The molecule has 118 valence electrons. The highest BCUT2D eigenvalue weighted by atomic mass is 32.1. The summed E-state index contributed by atoms with van der Waals surface area (Å²) in [5.74, 6) is 1.56. The van der Waals surface area contributed by atoms with Gasteiger partial charge >= 0.3 is 0 Å². The van der Waals surface area contributed by atoms with Gasteiger partial charge in [-0.15, -0.1) is 11.3 Å². The lowest BCUT2D eigenvalue weighted by Gasteiger charge is -2.25. The van der Waals surface area contributed by atoms with Crippen molar-refractivity contribution in [3.05, 3.63) is 28.6 Å². The molecule has 3 rings (SSSR count). The first-order chi connectivity index (χ1) is 10.8. The summed E-state index contributed by atoms with van der Waals surface area (Å²) >= 11 is 1.69. The molecule has 22 heavy (non-hydrogen) atoms. The van der Waals surface area contributed by atoms with Crippen molar-refractivity contribution in [1.29, 1.82) is 0 Å². The van der Waals surface area contributed by atoms with E-state index in [0.717, 1.165) is 60.6 Å². The molecule has 1 saturated heterocycles. The van der Waals surface area contributed by atoms with Gasteiger partial charge in [0.2, 0.25) is 0 Å². The van der Waals surface area contributed by atoms with Crippen LogP contribution in [0.15, 0.2) is 23.6 Å². The van der Waals surface area contributed by atoms with E-state index in [-0.39, 0.29) is 0 Å². The van der Waals surface area contributed by atoms with E-state index in [1.165, 1.54) is 0 Å². The van der Waals surface area contributed by atoms with Crippen LogP contribution in [0.25, 0.3) is 11.3 Å². The molecule has 5 nitrogen and oxygen atoms in total. The topological polar surface area (TPSA) is 43.8 Å². The maximum Gasteiger partial charge on any atom is 0.131 e. The van der Waals surface area contributed by atoms with Crippen molar-refractivity contribution in [3.63, 3.8) is 0 Å². The number of aromatic nitrogens is 1. The zero-order valence-electron chi connectivity index (χ0n) is 12.9. The van der Waals surface area contributed by atoms with Gasteiger partial charge in [-0.25, -0.2) is 4.98 Å². The first-order valence-electron chi connectivity index (χ1n) is 7.27. The van der Waals surface area contributed by atoms with Crippen LogP contribution in [0.2, 0.25) is 0 Å². The van der Waals surface area contributed by atoms with Gasteiger partial charge in [0.25, 0.3) is 0 Å². The normalized spacial score (nSPS) is 15.7. The molecule has 0 aliphatic carbocycles. The molecule has 0 atom stereocenters. The fraction of sp³-hybridized carbons (Fsp3) is 0.438. The molecule has 1 aliphatic rings. The zero-order valence-corrected chi connectivity index (χ0v) is 13.7. The Hall–Kier alpha value is -1.63. The lowest BCUT2D eigenvalue weighted by atomic mass is 10.1. The van der Waals surface area contributed by atoms with Crippen molar-refractivity contribution >= 4 is 11.3 Å². The first kappa shape index (κ1) is 15.3. The van der Waals surface area contributed by atoms with Crippen LogP contribution in [-0.2, 0) is 11.3 Å². The second kappa shape index (κ2) is 7.09. The zero-order chi connectivity index (χ0) is 15.4. The number of hydrogen-bond acceptors (Lipinski definition) is 6. The summed E-state index contributed by atoms with van der Waals surface area (Å²) in [6, 6.07) is 5.81. The molecule has 6 heteroatoms. The highest BCUT2D eigenvalue weighted by molar-refractivity contribution is 7.09. The summed E-state index contributed by atoms with van der Waals surface area (Å²) in [5.41, 5.74) is 1.94. The standard InChI is InChI=1S/C16H20N2O3S/c1-19-12-3-4-13(15(9-12)20-2)14-11-22-16(17-14)10-18-5-7-21-8-6-18/h3-4,9,11H,5-8,10H2,1-2H3. The van der Waals surface area contributed by atoms with E-state index in [1.54, 1.807) is 25.6 Å². The Bertz CT molecular complexity index is 624. The average molecular weight is 320 g/mol. The average Bonchev–Trinajstić information content (AvgIpc) is 3.03. The van der Waals surface area contributed by atoms with Gasteiger partial charge in [-0.05, 0) is 12.1 Å². The second-order valence-electron chi connectivity index (χ2n) is 5.08. The SMILES string of the molecule is COc1ccc(-c2csc(CN3CCOCC3)n2)c(OC)c1. The van der Waals surface area contributed by atoms with Gasteiger partial charge < -0.3 is 14.2 Å². The van der Waals surface area contributed by atoms with Crippen LogP contribution in [0, 0.1) is 0 Å². The minimum absolute atomic E-state index is 0.780. The molecule has 2 heterocycles. The van der Waals surface area contributed by atoms with E-state index >= 15 is 0 Å². The van der Waals surface area contributed by atoms with Crippen molar-refractivity contribution in [1.82, 2.24) is 9.88 Å². The quantitative estimate of drug-likeness (QED) is 0.847. The van der Waals surface area contributed by atoms with Crippen LogP contribution in [0.3, 0.4) is 0 Å². The molecule has 0 bridgehead atoms. The third kappa shape index (κ3) is 3.40. The number of nitrogens with zero attached hydrogens (tertiary/aromatic N) is 2. The predicted molar refractivity (Wildman–Crippen MR) is 86.8 cm³/mol. The summed E-state index contributed by atoms with van der Waals surface area (Å²) in [7, 11) is 3.32. The number of methoxy groups -OCH3 is 2. The number of morpholine rings is 1. The Balaban J connectivity index is 1.78. The van der Waals surface area contributed by atoms with Crippen molar-refractivity contribution in [3.8, 4) is 22.8 Å². The highest BCUT2D eigenvalue weighted by Crippen LogP contribution is 2.34. The molecule has 0 N–H and O–H groups in total. The van der Waals surface area contributed by atoms with E-state index < -0.39 is 0 Å². The highest BCUT2D eigenvalue weighted by Gasteiger charge is 2.15. The van der Waals surface area contributed by atoms with Gasteiger partial charge in [0.1, 0.15) is 16.5 Å². The number of hydrogen-bond donors (Lipinski definition) is 0. The maximum absolute atomic E-state index is 5.46. The van der Waals surface area contributed by atoms with Gasteiger partial charge in [0.15, 0.2) is 0 Å².